The summed E-state index contributed by atoms with van der Waals surface area (Å²) < 4.78 is 0. The number of ketones is 1. The molecule has 1 aromatic rings. The van der Waals surface area contributed by atoms with Crippen LogP contribution in [-0.2, 0) is 9.59 Å². The molecule has 1 aromatic carbocycles. The molecule has 1 amide bonds. The van der Waals surface area contributed by atoms with Gasteiger partial charge in [0.1, 0.15) is 0 Å². The molecular weight excluding hydrogens is 214 g/mol. The fourth-order valence-corrected chi connectivity index (χ4v) is 1.63. The zero-order valence-electron chi connectivity index (χ0n) is 10.2. The second kappa shape index (κ2) is 3.84. The van der Waals surface area contributed by atoms with Gasteiger partial charge >= 0.3 is 0 Å². The first kappa shape index (κ1) is 11.6. The summed E-state index contributed by atoms with van der Waals surface area (Å²) in [6.07, 6.45) is 1.45. The third-order valence-electron chi connectivity index (χ3n) is 2.72. The van der Waals surface area contributed by atoms with E-state index >= 15 is 0 Å². The monoisotopic (exact) mass is 229 g/mol. The lowest BCUT2D eigenvalue weighted by Crippen LogP contribution is -2.18. The molecule has 0 unspecified atom stereocenters. The molecule has 1 aliphatic heterocycles. The molecule has 0 spiro atoms. The van der Waals surface area contributed by atoms with Crippen molar-refractivity contribution in [3.05, 3.63) is 35.9 Å². The van der Waals surface area contributed by atoms with Gasteiger partial charge in [-0.1, -0.05) is 39.0 Å². The molecule has 0 saturated heterocycles. The highest BCUT2D eigenvalue weighted by atomic mass is 16.2. The van der Waals surface area contributed by atoms with Gasteiger partial charge in [-0.3, -0.25) is 9.59 Å². The van der Waals surface area contributed by atoms with Gasteiger partial charge in [0.2, 0.25) is 0 Å². The van der Waals surface area contributed by atoms with Crippen molar-refractivity contribution < 1.29 is 9.59 Å². The molecule has 0 aliphatic carbocycles. The first-order valence-corrected chi connectivity index (χ1v) is 5.56. The van der Waals surface area contributed by atoms with Gasteiger partial charge in [-0.25, -0.2) is 0 Å². The van der Waals surface area contributed by atoms with E-state index in [1.54, 1.807) is 0 Å². The number of carbonyl (C=O) groups excluding carboxylic acids is 2. The van der Waals surface area contributed by atoms with Crippen LogP contribution in [0.1, 0.15) is 26.3 Å². The second-order valence-corrected chi connectivity index (χ2v) is 5.17. The number of carbonyl (C=O) groups is 2. The van der Waals surface area contributed by atoms with E-state index in [0.29, 0.717) is 5.57 Å². The molecule has 1 N–H and O–H groups in total. The lowest BCUT2D eigenvalue weighted by Gasteiger charge is -2.13. The van der Waals surface area contributed by atoms with Crippen molar-refractivity contribution in [2.75, 3.05) is 5.32 Å². The lowest BCUT2D eigenvalue weighted by atomic mass is 9.89. The third-order valence-corrected chi connectivity index (χ3v) is 2.72. The number of nitrogens with one attached hydrogen (secondary N) is 1. The second-order valence-electron chi connectivity index (χ2n) is 5.17. The Balaban J connectivity index is 2.44. The summed E-state index contributed by atoms with van der Waals surface area (Å²) in [5, 5.41) is 2.74. The van der Waals surface area contributed by atoms with E-state index in [4.69, 9.17) is 0 Å². The predicted molar refractivity (Wildman–Crippen MR) is 67.5 cm³/mol. The minimum Gasteiger partial charge on any atom is -0.321 e. The Kier molecular flexibility index (Phi) is 2.62. The van der Waals surface area contributed by atoms with Crippen molar-refractivity contribution in [3.8, 4) is 0 Å². The number of benzene rings is 1. The number of fused-ring (bicyclic) bond motifs is 1. The Labute approximate surface area is 101 Å². The Morgan fingerprint density at radius 2 is 1.88 bits per heavy atom. The van der Waals surface area contributed by atoms with Crippen molar-refractivity contribution >= 4 is 23.0 Å². The number of anilines is 1. The summed E-state index contributed by atoms with van der Waals surface area (Å²) >= 11 is 0. The SMILES string of the molecule is CC(C)(C)C(=O)/C=C1\C(=O)Nc2ccccc21. The molecule has 17 heavy (non-hydrogen) atoms. The number of rotatable bonds is 1. The van der Waals surface area contributed by atoms with Gasteiger partial charge in [-0.05, 0) is 12.1 Å². The Morgan fingerprint density at radius 1 is 1.24 bits per heavy atom. The van der Waals surface area contributed by atoms with E-state index < -0.39 is 5.41 Å². The predicted octanol–water partition coefficient (Wildman–Crippen LogP) is 2.64. The molecule has 0 saturated carbocycles. The molecule has 0 aromatic heterocycles. The van der Waals surface area contributed by atoms with Gasteiger partial charge in [-0.2, -0.15) is 0 Å². The summed E-state index contributed by atoms with van der Waals surface area (Å²) in [5.74, 6) is -0.247. The largest absolute Gasteiger partial charge is 0.321 e. The van der Waals surface area contributed by atoms with Crippen LogP contribution in [0.5, 0.6) is 0 Å². The fourth-order valence-electron chi connectivity index (χ4n) is 1.63. The fraction of sp³-hybridized carbons (Fsp3) is 0.286. The maximum atomic E-state index is 11.9. The van der Waals surface area contributed by atoms with Crippen molar-refractivity contribution in [3.63, 3.8) is 0 Å². The summed E-state index contributed by atoms with van der Waals surface area (Å²) in [7, 11) is 0. The molecule has 3 heteroatoms. The first-order valence-electron chi connectivity index (χ1n) is 5.56. The van der Waals surface area contributed by atoms with E-state index in [-0.39, 0.29) is 11.7 Å². The molecular formula is C14H15NO2. The van der Waals surface area contributed by atoms with Gasteiger partial charge in [-0.15, -0.1) is 0 Å². The van der Waals surface area contributed by atoms with Gasteiger partial charge in [0.25, 0.3) is 5.91 Å². The summed E-state index contributed by atoms with van der Waals surface area (Å²) in [6, 6.07) is 7.38. The topological polar surface area (TPSA) is 46.2 Å². The molecule has 0 fully saturated rings. The average Bonchev–Trinajstić information content (AvgIpc) is 2.54. The normalized spacial score (nSPS) is 16.9. The lowest BCUT2D eigenvalue weighted by molar-refractivity contribution is -0.121. The van der Waals surface area contributed by atoms with Gasteiger partial charge < -0.3 is 5.32 Å². The van der Waals surface area contributed by atoms with Crippen LogP contribution in [0.3, 0.4) is 0 Å². The minimum absolute atomic E-state index is 0.0423. The molecule has 0 radical (unpaired) electrons. The van der Waals surface area contributed by atoms with Crippen molar-refractivity contribution in [1.29, 1.82) is 0 Å². The number of allylic oxidation sites excluding steroid dienone is 1. The number of amides is 1. The van der Waals surface area contributed by atoms with Gasteiger partial charge in [0.15, 0.2) is 5.78 Å². The highest BCUT2D eigenvalue weighted by Crippen LogP contribution is 2.32. The number of para-hydroxylation sites is 1. The molecule has 3 nitrogen and oxygen atoms in total. The van der Waals surface area contributed by atoms with Crippen LogP contribution < -0.4 is 5.32 Å². The number of hydrogen-bond acceptors (Lipinski definition) is 2. The summed E-state index contributed by atoms with van der Waals surface area (Å²) in [5.41, 5.74) is 1.56. The highest BCUT2D eigenvalue weighted by molar-refractivity contribution is 6.34. The van der Waals surface area contributed by atoms with Crippen LogP contribution in [0.25, 0.3) is 5.57 Å². The summed E-state index contributed by atoms with van der Waals surface area (Å²) in [6.45, 7) is 5.52. The summed E-state index contributed by atoms with van der Waals surface area (Å²) in [4.78, 5) is 23.7. The van der Waals surface area contributed by atoms with Crippen LogP contribution in [0, 0.1) is 5.41 Å². The van der Waals surface area contributed by atoms with Gasteiger partial charge in [0.05, 0.1) is 5.57 Å². The maximum absolute atomic E-state index is 11.9. The first-order chi connectivity index (χ1) is 7.89. The van der Waals surface area contributed by atoms with E-state index in [0.717, 1.165) is 11.3 Å². The van der Waals surface area contributed by atoms with Crippen LogP contribution in [-0.4, -0.2) is 11.7 Å². The molecule has 88 valence electrons. The van der Waals surface area contributed by atoms with Crippen LogP contribution in [0.4, 0.5) is 5.69 Å². The molecule has 0 atom stereocenters. The van der Waals surface area contributed by atoms with E-state index in [2.05, 4.69) is 5.32 Å². The van der Waals surface area contributed by atoms with Crippen LogP contribution in [0.2, 0.25) is 0 Å². The maximum Gasteiger partial charge on any atom is 0.256 e. The molecule has 0 bridgehead atoms. The number of hydrogen-bond donors (Lipinski definition) is 1. The van der Waals surface area contributed by atoms with Crippen LogP contribution in [0.15, 0.2) is 30.3 Å². The molecule has 1 aliphatic rings. The van der Waals surface area contributed by atoms with Crippen LogP contribution >= 0.6 is 0 Å². The molecule has 2 rings (SSSR count). The zero-order chi connectivity index (χ0) is 12.6. The van der Waals surface area contributed by atoms with Crippen molar-refractivity contribution in [1.82, 2.24) is 0 Å². The highest BCUT2D eigenvalue weighted by Gasteiger charge is 2.27. The minimum atomic E-state index is -0.467. The Morgan fingerprint density at radius 3 is 2.53 bits per heavy atom. The van der Waals surface area contributed by atoms with Crippen molar-refractivity contribution in [2.24, 2.45) is 5.41 Å². The Hall–Kier alpha value is -1.90. The smallest absolute Gasteiger partial charge is 0.256 e. The quantitative estimate of drug-likeness (QED) is 0.752. The van der Waals surface area contributed by atoms with E-state index in [1.165, 1.54) is 6.08 Å². The standard InChI is InChI=1S/C14H15NO2/c1-14(2,3)12(16)8-10-9-6-4-5-7-11(9)15-13(10)17/h4-8H,1-3H3,(H,15,17)/b10-8-. The van der Waals surface area contributed by atoms with Gasteiger partial charge in [0, 0.05) is 16.7 Å². The van der Waals surface area contributed by atoms with E-state index in [1.807, 2.05) is 45.0 Å². The molecule has 1 heterocycles. The van der Waals surface area contributed by atoms with E-state index in [9.17, 15) is 9.59 Å². The zero-order valence-corrected chi connectivity index (χ0v) is 10.2. The van der Waals surface area contributed by atoms with Crippen molar-refractivity contribution in [2.45, 2.75) is 20.8 Å². The third kappa shape index (κ3) is 2.13. The Bertz CT molecular complexity index is 521. The average molecular weight is 229 g/mol.